The van der Waals surface area contributed by atoms with Gasteiger partial charge in [0.25, 0.3) is 0 Å². The molecule has 1 N–H and O–H groups in total. The van der Waals surface area contributed by atoms with Crippen molar-refractivity contribution in [2.24, 2.45) is 0 Å². The van der Waals surface area contributed by atoms with Gasteiger partial charge in [0.05, 0.1) is 5.70 Å². The molecule has 0 atom stereocenters. The zero-order chi connectivity index (χ0) is 9.10. The fourth-order valence-electron chi connectivity index (χ4n) is 1.30. The molecule has 0 fully saturated rings. The van der Waals surface area contributed by atoms with E-state index in [1.807, 2.05) is 36.4 Å². The van der Waals surface area contributed by atoms with Crippen LogP contribution in [-0.4, -0.2) is 6.29 Å². The number of carbonyl (C=O) groups excluding carboxylic acids is 1. The molecule has 2 rings (SSSR count). The molecule has 1 aromatic rings. The summed E-state index contributed by atoms with van der Waals surface area (Å²) in [6.07, 6.45) is 6.36. The van der Waals surface area contributed by atoms with Crippen LogP contribution in [0.1, 0.15) is 11.1 Å². The van der Waals surface area contributed by atoms with Gasteiger partial charge in [-0.25, -0.2) is 0 Å². The molecule has 0 unspecified atom stereocenters. The highest BCUT2D eigenvalue weighted by atomic mass is 16.1. The SMILES string of the molecule is O=CC1=Cc2ccccc2C=CN1. The summed E-state index contributed by atoms with van der Waals surface area (Å²) in [4.78, 5) is 10.6. The largest absolute Gasteiger partial charge is 0.359 e. The van der Waals surface area contributed by atoms with Gasteiger partial charge in [-0.1, -0.05) is 24.3 Å². The number of aldehydes is 1. The van der Waals surface area contributed by atoms with Crippen LogP contribution in [0.4, 0.5) is 0 Å². The van der Waals surface area contributed by atoms with E-state index in [2.05, 4.69) is 5.32 Å². The van der Waals surface area contributed by atoms with Gasteiger partial charge in [-0.2, -0.15) is 0 Å². The van der Waals surface area contributed by atoms with Crippen molar-refractivity contribution in [1.82, 2.24) is 5.32 Å². The van der Waals surface area contributed by atoms with Crippen molar-refractivity contribution < 1.29 is 4.79 Å². The van der Waals surface area contributed by atoms with Gasteiger partial charge in [0.1, 0.15) is 0 Å². The molecular formula is C11H9NO. The molecule has 0 aromatic heterocycles. The summed E-state index contributed by atoms with van der Waals surface area (Å²) in [6, 6.07) is 7.92. The van der Waals surface area contributed by atoms with Crippen LogP contribution in [0.15, 0.2) is 36.2 Å². The molecule has 0 saturated carbocycles. The van der Waals surface area contributed by atoms with E-state index in [0.29, 0.717) is 5.70 Å². The number of fused-ring (bicyclic) bond motifs is 1. The zero-order valence-corrected chi connectivity index (χ0v) is 7.03. The normalized spacial score (nSPS) is 13.7. The highest BCUT2D eigenvalue weighted by Crippen LogP contribution is 2.15. The maximum Gasteiger partial charge on any atom is 0.166 e. The summed E-state index contributed by atoms with van der Waals surface area (Å²) >= 11 is 0. The van der Waals surface area contributed by atoms with Crippen LogP contribution in [0.2, 0.25) is 0 Å². The maximum absolute atomic E-state index is 10.6. The van der Waals surface area contributed by atoms with Crippen LogP contribution in [0.25, 0.3) is 12.2 Å². The summed E-state index contributed by atoms with van der Waals surface area (Å²) in [5, 5.41) is 2.89. The molecule has 1 aliphatic heterocycles. The van der Waals surface area contributed by atoms with Gasteiger partial charge in [-0.15, -0.1) is 0 Å². The second-order valence-electron chi connectivity index (χ2n) is 2.82. The van der Waals surface area contributed by atoms with E-state index in [-0.39, 0.29) is 0 Å². The Bertz CT molecular complexity index is 391. The lowest BCUT2D eigenvalue weighted by molar-refractivity contribution is -0.105. The molecule has 0 saturated heterocycles. The minimum absolute atomic E-state index is 0.584. The average Bonchev–Trinajstić information content (AvgIpc) is 2.38. The van der Waals surface area contributed by atoms with Gasteiger partial charge in [0.15, 0.2) is 6.29 Å². The third-order valence-electron chi connectivity index (χ3n) is 1.95. The van der Waals surface area contributed by atoms with E-state index < -0.39 is 0 Å². The molecule has 1 heterocycles. The predicted molar refractivity (Wildman–Crippen MR) is 52.7 cm³/mol. The third-order valence-corrected chi connectivity index (χ3v) is 1.95. The summed E-state index contributed by atoms with van der Waals surface area (Å²) in [6.45, 7) is 0. The first-order chi connectivity index (χ1) is 6.40. The van der Waals surface area contributed by atoms with Crippen molar-refractivity contribution in [3.63, 3.8) is 0 Å². The number of benzene rings is 1. The van der Waals surface area contributed by atoms with Crippen LogP contribution in [0.5, 0.6) is 0 Å². The zero-order valence-electron chi connectivity index (χ0n) is 7.03. The average molecular weight is 171 g/mol. The van der Waals surface area contributed by atoms with Crippen LogP contribution >= 0.6 is 0 Å². The van der Waals surface area contributed by atoms with Crippen LogP contribution in [0.3, 0.4) is 0 Å². The van der Waals surface area contributed by atoms with Crippen LogP contribution in [-0.2, 0) is 4.79 Å². The molecule has 1 aliphatic rings. The van der Waals surface area contributed by atoms with Crippen molar-refractivity contribution in [3.8, 4) is 0 Å². The lowest BCUT2D eigenvalue weighted by Crippen LogP contribution is -2.03. The monoisotopic (exact) mass is 171 g/mol. The molecule has 0 radical (unpaired) electrons. The molecular weight excluding hydrogens is 162 g/mol. The predicted octanol–water partition coefficient (Wildman–Crippen LogP) is 1.80. The number of carbonyl (C=O) groups is 1. The van der Waals surface area contributed by atoms with E-state index in [1.54, 1.807) is 6.20 Å². The Labute approximate surface area is 76.6 Å². The van der Waals surface area contributed by atoms with E-state index in [0.717, 1.165) is 17.4 Å². The molecule has 0 amide bonds. The Hall–Kier alpha value is -1.83. The Morgan fingerprint density at radius 2 is 1.92 bits per heavy atom. The first-order valence-corrected chi connectivity index (χ1v) is 4.09. The van der Waals surface area contributed by atoms with Crippen molar-refractivity contribution in [1.29, 1.82) is 0 Å². The van der Waals surface area contributed by atoms with Crippen molar-refractivity contribution in [2.75, 3.05) is 0 Å². The van der Waals surface area contributed by atoms with Gasteiger partial charge >= 0.3 is 0 Å². The lowest BCUT2D eigenvalue weighted by atomic mass is 10.1. The molecule has 13 heavy (non-hydrogen) atoms. The van der Waals surface area contributed by atoms with E-state index in [9.17, 15) is 4.79 Å². The van der Waals surface area contributed by atoms with Gasteiger partial charge < -0.3 is 5.32 Å². The fourth-order valence-corrected chi connectivity index (χ4v) is 1.30. The molecule has 0 bridgehead atoms. The number of hydrogen-bond donors (Lipinski definition) is 1. The minimum atomic E-state index is 0.584. The first-order valence-electron chi connectivity index (χ1n) is 4.09. The third kappa shape index (κ3) is 1.51. The molecule has 2 nitrogen and oxygen atoms in total. The van der Waals surface area contributed by atoms with Gasteiger partial charge in [0, 0.05) is 6.20 Å². The number of nitrogens with one attached hydrogen (secondary N) is 1. The van der Waals surface area contributed by atoms with Gasteiger partial charge in [-0.3, -0.25) is 4.79 Å². The Morgan fingerprint density at radius 3 is 2.69 bits per heavy atom. The summed E-state index contributed by atoms with van der Waals surface area (Å²) in [5.74, 6) is 0. The van der Waals surface area contributed by atoms with Crippen LogP contribution < -0.4 is 5.32 Å². The minimum Gasteiger partial charge on any atom is -0.359 e. The quantitative estimate of drug-likeness (QED) is 0.653. The summed E-state index contributed by atoms with van der Waals surface area (Å²) < 4.78 is 0. The Kier molecular flexibility index (Phi) is 1.96. The molecule has 2 heteroatoms. The van der Waals surface area contributed by atoms with Crippen molar-refractivity contribution in [3.05, 3.63) is 47.3 Å². The molecule has 0 aliphatic carbocycles. The van der Waals surface area contributed by atoms with E-state index >= 15 is 0 Å². The highest BCUT2D eigenvalue weighted by Gasteiger charge is 2.00. The Morgan fingerprint density at radius 1 is 1.15 bits per heavy atom. The van der Waals surface area contributed by atoms with Crippen molar-refractivity contribution in [2.45, 2.75) is 0 Å². The van der Waals surface area contributed by atoms with Gasteiger partial charge in [0.2, 0.25) is 0 Å². The van der Waals surface area contributed by atoms with Crippen LogP contribution in [0, 0.1) is 0 Å². The molecule has 0 spiro atoms. The topological polar surface area (TPSA) is 29.1 Å². The summed E-state index contributed by atoms with van der Waals surface area (Å²) in [7, 11) is 0. The van der Waals surface area contributed by atoms with E-state index in [4.69, 9.17) is 0 Å². The number of allylic oxidation sites excluding steroid dienone is 1. The maximum atomic E-state index is 10.6. The Balaban J connectivity index is 2.55. The second-order valence-corrected chi connectivity index (χ2v) is 2.82. The van der Waals surface area contributed by atoms with E-state index in [1.165, 1.54) is 0 Å². The molecule has 1 aromatic carbocycles. The number of hydrogen-bond acceptors (Lipinski definition) is 2. The smallest absolute Gasteiger partial charge is 0.166 e. The fraction of sp³-hybridized carbons (Fsp3) is 0. The lowest BCUT2D eigenvalue weighted by Gasteiger charge is -1.97. The summed E-state index contributed by atoms with van der Waals surface area (Å²) in [5.41, 5.74) is 2.76. The van der Waals surface area contributed by atoms with Crippen molar-refractivity contribution >= 4 is 18.4 Å². The van der Waals surface area contributed by atoms with Gasteiger partial charge in [-0.05, 0) is 23.3 Å². The molecule has 64 valence electrons. The second kappa shape index (κ2) is 3.27. The highest BCUT2D eigenvalue weighted by molar-refractivity contribution is 5.84. The standard InChI is InChI=1S/C11H9NO/c13-8-11-7-10-4-2-1-3-9(10)5-6-12-11/h1-8,12H. The first kappa shape index (κ1) is 7.80. The number of rotatable bonds is 1.